The van der Waals surface area contributed by atoms with Crippen LogP contribution in [0.25, 0.3) is 0 Å². The maximum Gasteiger partial charge on any atom is 0.417 e. The number of hydrogen-bond donors (Lipinski definition) is 2. The molecule has 0 aromatic heterocycles. The molecular formula is C24H23ClF3N2OS+. The fraction of sp³-hybridized carbons (Fsp3) is 0.208. The van der Waals surface area contributed by atoms with Crippen LogP contribution in [0.1, 0.15) is 22.7 Å². The zero-order valence-electron chi connectivity index (χ0n) is 17.5. The van der Waals surface area contributed by atoms with E-state index in [2.05, 4.69) is 5.32 Å². The zero-order chi connectivity index (χ0) is 23.3. The number of thioether (sulfide) groups is 1. The average Bonchev–Trinajstić information content (AvgIpc) is 2.76. The van der Waals surface area contributed by atoms with Crippen molar-refractivity contribution in [1.82, 2.24) is 0 Å². The van der Waals surface area contributed by atoms with Gasteiger partial charge in [0, 0.05) is 21.7 Å². The first-order chi connectivity index (χ1) is 15.2. The van der Waals surface area contributed by atoms with Gasteiger partial charge in [0.1, 0.15) is 6.54 Å². The van der Waals surface area contributed by atoms with Gasteiger partial charge in [-0.25, -0.2) is 0 Å². The molecule has 0 saturated heterocycles. The van der Waals surface area contributed by atoms with Crippen molar-refractivity contribution in [3.05, 3.63) is 94.5 Å². The molecule has 168 valence electrons. The van der Waals surface area contributed by atoms with Crippen LogP contribution in [-0.2, 0) is 17.5 Å². The van der Waals surface area contributed by atoms with E-state index in [9.17, 15) is 18.0 Å². The molecule has 2 N–H and O–H groups in total. The highest BCUT2D eigenvalue weighted by molar-refractivity contribution is 7.98. The van der Waals surface area contributed by atoms with Gasteiger partial charge in [-0.05, 0) is 36.6 Å². The number of benzene rings is 3. The fourth-order valence-corrected chi connectivity index (χ4v) is 4.14. The highest BCUT2D eigenvalue weighted by Crippen LogP contribution is 2.36. The summed E-state index contributed by atoms with van der Waals surface area (Å²) in [6, 6.07) is 20.0. The van der Waals surface area contributed by atoms with E-state index < -0.39 is 28.7 Å². The van der Waals surface area contributed by atoms with E-state index in [1.165, 1.54) is 6.07 Å². The van der Waals surface area contributed by atoms with E-state index in [1.54, 1.807) is 11.8 Å². The molecule has 32 heavy (non-hydrogen) atoms. The minimum atomic E-state index is -4.61. The normalized spacial score (nSPS) is 13.4. The molecule has 0 spiro atoms. The fourth-order valence-electron chi connectivity index (χ4n) is 3.51. The minimum Gasteiger partial charge on any atom is -0.321 e. The summed E-state index contributed by atoms with van der Waals surface area (Å²) < 4.78 is 39.6. The number of alkyl halides is 3. The lowest BCUT2D eigenvalue weighted by Gasteiger charge is -2.25. The standard InChI is InChI=1S/C24H22ClF3N2OS/c1-30(15-16-8-11-19(32-2)12-9-16)22(17-6-4-3-5-7-17)23(31)29-18-10-13-21(25)20(14-18)24(26,27)28/h3-14,22H,15H2,1-2H3,(H,29,31)/p+1/t22-/m1/s1. The number of carbonyl (C=O) groups is 1. The largest absolute Gasteiger partial charge is 0.417 e. The van der Waals surface area contributed by atoms with E-state index >= 15 is 0 Å². The van der Waals surface area contributed by atoms with Crippen LogP contribution in [0.15, 0.2) is 77.7 Å². The van der Waals surface area contributed by atoms with Gasteiger partial charge >= 0.3 is 6.18 Å². The number of quaternary nitrogens is 1. The lowest BCUT2D eigenvalue weighted by atomic mass is 10.0. The van der Waals surface area contributed by atoms with Gasteiger partial charge in [-0.15, -0.1) is 11.8 Å². The summed E-state index contributed by atoms with van der Waals surface area (Å²) in [7, 11) is 1.89. The Balaban J connectivity index is 1.86. The van der Waals surface area contributed by atoms with E-state index in [0.29, 0.717) is 6.54 Å². The van der Waals surface area contributed by atoms with Crippen LogP contribution in [0.5, 0.6) is 0 Å². The Morgan fingerprint density at radius 2 is 1.72 bits per heavy atom. The summed E-state index contributed by atoms with van der Waals surface area (Å²) in [5.74, 6) is -0.398. The van der Waals surface area contributed by atoms with E-state index in [0.717, 1.165) is 33.1 Å². The molecule has 0 aliphatic rings. The van der Waals surface area contributed by atoms with Crippen molar-refractivity contribution < 1.29 is 22.9 Å². The van der Waals surface area contributed by atoms with Crippen LogP contribution in [0.3, 0.4) is 0 Å². The Hall–Kier alpha value is -2.48. The maximum absolute atomic E-state index is 13.2. The Morgan fingerprint density at radius 1 is 1.06 bits per heavy atom. The molecule has 3 rings (SSSR count). The minimum absolute atomic E-state index is 0.0461. The second kappa shape index (κ2) is 10.4. The number of rotatable bonds is 7. The van der Waals surface area contributed by atoms with Crippen LogP contribution < -0.4 is 10.2 Å². The second-order valence-electron chi connectivity index (χ2n) is 7.40. The highest BCUT2D eigenvalue weighted by Gasteiger charge is 2.34. The average molecular weight is 480 g/mol. The predicted molar refractivity (Wildman–Crippen MR) is 123 cm³/mol. The van der Waals surface area contributed by atoms with Crippen LogP contribution in [0.2, 0.25) is 5.02 Å². The Kier molecular flexibility index (Phi) is 7.87. The smallest absolute Gasteiger partial charge is 0.321 e. The molecule has 1 unspecified atom stereocenters. The molecule has 2 atom stereocenters. The predicted octanol–water partition coefficient (Wildman–Crippen LogP) is 5.48. The summed E-state index contributed by atoms with van der Waals surface area (Å²) in [4.78, 5) is 15.3. The molecule has 0 bridgehead atoms. The van der Waals surface area contributed by atoms with Crippen LogP contribution in [-0.4, -0.2) is 19.2 Å². The Bertz CT molecular complexity index is 1060. The maximum atomic E-state index is 13.2. The molecule has 0 aliphatic heterocycles. The molecule has 0 radical (unpaired) electrons. The number of halogens is 4. The first kappa shape index (κ1) is 24.2. The van der Waals surface area contributed by atoms with Crippen molar-refractivity contribution in [2.24, 2.45) is 0 Å². The lowest BCUT2D eigenvalue weighted by Crippen LogP contribution is -3.09. The van der Waals surface area contributed by atoms with Gasteiger partial charge in [0.2, 0.25) is 0 Å². The van der Waals surface area contributed by atoms with Gasteiger partial charge in [0.05, 0.1) is 17.6 Å². The van der Waals surface area contributed by atoms with Crippen molar-refractivity contribution in [2.45, 2.75) is 23.7 Å². The topological polar surface area (TPSA) is 33.5 Å². The van der Waals surface area contributed by atoms with Crippen molar-refractivity contribution in [3.63, 3.8) is 0 Å². The van der Waals surface area contributed by atoms with Gasteiger partial charge in [-0.2, -0.15) is 13.2 Å². The molecule has 1 amide bonds. The molecule has 0 aliphatic carbocycles. The van der Waals surface area contributed by atoms with Crippen LogP contribution in [0, 0.1) is 0 Å². The van der Waals surface area contributed by atoms with Gasteiger partial charge in [0.25, 0.3) is 5.91 Å². The molecule has 3 aromatic carbocycles. The monoisotopic (exact) mass is 479 g/mol. The van der Waals surface area contributed by atoms with E-state index in [4.69, 9.17) is 11.6 Å². The molecule has 8 heteroatoms. The summed E-state index contributed by atoms with van der Waals surface area (Å²) in [5, 5.41) is 2.23. The summed E-state index contributed by atoms with van der Waals surface area (Å²) >= 11 is 7.35. The van der Waals surface area contributed by atoms with Crippen LogP contribution in [0.4, 0.5) is 18.9 Å². The first-order valence-electron chi connectivity index (χ1n) is 9.87. The number of likely N-dealkylation sites (N-methyl/N-ethyl adjacent to an activating group) is 1. The summed E-state index contributed by atoms with van der Waals surface area (Å²) in [6.45, 7) is 0.566. The van der Waals surface area contributed by atoms with Crippen molar-refractivity contribution in [2.75, 3.05) is 18.6 Å². The summed E-state index contributed by atoms with van der Waals surface area (Å²) in [5.41, 5.74) is 0.890. The molecule has 0 fully saturated rings. The number of nitrogens with one attached hydrogen (secondary N) is 2. The Morgan fingerprint density at radius 3 is 2.31 bits per heavy atom. The van der Waals surface area contributed by atoms with Crippen molar-refractivity contribution >= 4 is 35.0 Å². The highest BCUT2D eigenvalue weighted by atomic mass is 35.5. The number of anilines is 1. The number of hydrogen-bond acceptors (Lipinski definition) is 2. The van der Waals surface area contributed by atoms with Gasteiger partial charge in [0.15, 0.2) is 6.04 Å². The van der Waals surface area contributed by atoms with Gasteiger partial charge < -0.3 is 10.2 Å². The van der Waals surface area contributed by atoms with Crippen molar-refractivity contribution in [3.8, 4) is 0 Å². The molecular weight excluding hydrogens is 457 g/mol. The van der Waals surface area contributed by atoms with Gasteiger partial charge in [-0.3, -0.25) is 4.79 Å². The van der Waals surface area contributed by atoms with E-state index in [-0.39, 0.29) is 5.69 Å². The van der Waals surface area contributed by atoms with Gasteiger partial charge in [-0.1, -0.05) is 54.1 Å². The van der Waals surface area contributed by atoms with E-state index in [1.807, 2.05) is 67.9 Å². The quantitative estimate of drug-likeness (QED) is 0.440. The molecule has 3 nitrogen and oxygen atoms in total. The van der Waals surface area contributed by atoms with Crippen molar-refractivity contribution in [1.29, 1.82) is 0 Å². The first-order valence-corrected chi connectivity index (χ1v) is 11.5. The Labute approximate surface area is 194 Å². The molecule has 0 heterocycles. The molecule has 0 saturated carbocycles. The third-order valence-corrected chi connectivity index (χ3v) is 6.14. The third-order valence-electron chi connectivity index (χ3n) is 5.07. The zero-order valence-corrected chi connectivity index (χ0v) is 19.1. The third kappa shape index (κ3) is 6.06. The number of amides is 1. The SMILES string of the molecule is CSc1ccc(C[NH+](C)[C@@H](C(=O)Nc2ccc(Cl)c(C(F)(F)F)c2)c2ccccc2)cc1. The molecule has 3 aromatic rings. The number of carbonyl (C=O) groups excluding carboxylic acids is 1. The van der Waals surface area contributed by atoms with Crippen LogP contribution >= 0.6 is 23.4 Å². The lowest BCUT2D eigenvalue weighted by molar-refractivity contribution is -0.915. The summed E-state index contributed by atoms with van der Waals surface area (Å²) in [6.07, 6.45) is -2.61. The second-order valence-corrected chi connectivity index (χ2v) is 8.68.